The van der Waals surface area contributed by atoms with Crippen LogP contribution in [0.2, 0.25) is 0 Å². The van der Waals surface area contributed by atoms with Crippen LogP contribution in [0.5, 0.6) is 0 Å². The zero-order valence-corrected chi connectivity index (χ0v) is 16.9. The van der Waals surface area contributed by atoms with Crippen molar-refractivity contribution in [2.45, 2.75) is 12.8 Å². The van der Waals surface area contributed by atoms with E-state index in [9.17, 15) is 14.9 Å². The van der Waals surface area contributed by atoms with E-state index >= 15 is 0 Å². The lowest BCUT2D eigenvalue weighted by atomic mass is 9.95. The number of carbonyl (C=O) groups excluding carboxylic acids is 1. The van der Waals surface area contributed by atoms with Gasteiger partial charge in [-0.25, -0.2) is 4.98 Å². The largest absolute Gasteiger partial charge is 0.366 e. The number of benzene rings is 1. The minimum absolute atomic E-state index is 0.0650. The topological polar surface area (TPSA) is 88.4 Å². The molecule has 0 unspecified atom stereocenters. The summed E-state index contributed by atoms with van der Waals surface area (Å²) in [5.41, 5.74) is 0.660. The van der Waals surface area contributed by atoms with E-state index in [0.29, 0.717) is 41.9 Å². The Labute approximate surface area is 167 Å². The fourth-order valence-corrected chi connectivity index (χ4v) is 3.55. The van der Waals surface area contributed by atoms with Gasteiger partial charge in [0.25, 0.3) is 5.69 Å². The van der Waals surface area contributed by atoms with Crippen LogP contribution in [0, 0.1) is 16.0 Å². The number of halogens is 2. The Morgan fingerprint density at radius 1 is 1.19 bits per heavy atom. The number of nitrogens with zero attached hydrogens (tertiary/aromatic N) is 3. The summed E-state index contributed by atoms with van der Waals surface area (Å²) in [5, 5.41) is 14.1. The third kappa shape index (κ3) is 4.39. The number of aromatic nitrogens is 1. The van der Waals surface area contributed by atoms with E-state index in [2.05, 4.69) is 42.2 Å². The minimum atomic E-state index is -0.377. The van der Waals surface area contributed by atoms with Gasteiger partial charge in [-0.15, -0.1) is 0 Å². The van der Waals surface area contributed by atoms with Gasteiger partial charge in [0.2, 0.25) is 5.91 Å². The number of rotatable bonds is 4. The SMILES string of the molecule is O=C(Nc1ccc(Br)cn1)C1CCN(c2ccc(Br)cc2[N+](=O)[O-])CC1. The Bertz CT molecular complexity index is 821. The second-order valence-electron chi connectivity index (χ2n) is 6.00. The molecular weight excluding hydrogens is 468 g/mol. The lowest BCUT2D eigenvalue weighted by Crippen LogP contribution is -2.38. The van der Waals surface area contributed by atoms with Gasteiger partial charge in [0.15, 0.2) is 0 Å². The lowest BCUT2D eigenvalue weighted by molar-refractivity contribution is -0.384. The molecular formula is C17H16Br2N4O3. The van der Waals surface area contributed by atoms with Gasteiger partial charge in [0.1, 0.15) is 11.5 Å². The van der Waals surface area contributed by atoms with E-state index in [-0.39, 0.29) is 22.4 Å². The lowest BCUT2D eigenvalue weighted by Gasteiger charge is -2.32. The molecule has 9 heteroatoms. The molecule has 3 rings (SSSR count). The van der Waals surface area contributed by atoms with Gasteiger partial charge in [-0.3, -0.25) is 14.9 Å². The van der Waals surface area contributed by atoms with Crippen LogP contribution in [0.4, 0.5) is 17.2 Å². The highest BCUT2D eigenvalue weighted by Gasteiger charge is 2.28. The van der Waals surface area contributed by atoms with Crippen molar-refractivity contribution in [3.05, 3.63) is 55.6 Å². The molecule has 0 aliphatic carbocycles. The first-order valence-electron chi connectivity index (χ1n) is 8.05. The number of pyridine rings is 1. The molecule has 0 atom stereocenters. The Kier molecular flexibility index (Phi) is 5.87. The summed E-state index contributed by atoms with van der Waals surface area (Å²) in [6.45, 7) is 1.18. The quantitative estimate of drug-likeness (QED) is 0.515. The van der Waals surface area contributed by atoms with Crippen LogP contribution in [0.1, 0.15) is 12.8 Å². The fourth-order valence-electron chi connectivity index (χ4n) is 2.97. The third-order valence-electron chi connectivity index (χ3n) is 4.32. The molecule has 136 valence electrons. The van der Waals surface area contributed by atoms with E-state index in [4.69, 9.17) is 0 Å². The molecule has 2 aromatic rings. The van der Waals surface area contributed by atoms with Crippen LogP contribution in [0.15, 0.2) is 45.5 Å². The van der Waals surface area contributed by atoms with Gasteiger partial charge in [0.05, 0.1) is 4.92 Å². The first kappa shape index (κ1) is 18.8. The predicted octanol–water partition coefficient (Wildman–Crippen LogP) is 4.37. The number of anilines is 2. The van der Waals surface area contributed by atoms with Crippen molar-refractivity contribution in [2.24, 2.45) is 5.92 Å². The average molecular weight is 484 g/mol. The molecule has 0 radical (unpaired) electrons. The summed E-state index contributed by atoms with van der Waals surface area (Å²) in [5.74, 6) is 0.320. The van der Waals surface area contributed by atoms with E-state index < -0.39 is 0 Å². The molecule has 1 saturated heterocycles. The highest BCUT2D eigenvalue weighted by atomic mass is 79.9. The van der Waals surface area contributed by atoms with E-state index in [1.54, 1.807) is 24.4 Å². The summed E-state index contributed by atoms with van der Waals surface area (Å²) < 4.78 is 1.52. The number of amides is 1. The Morgan fingerprint density at radius 2 is 1.88 bits per heavy atom. The maximum Gasteiger partial charge on any atom is 0.293 e. The van der Waals surface area contributed by atoms with Gasteiger partial charge in [-0.05, 0) is 53.0 Å². The average Bonchev–Trinajstić information content (AvgIpc) is 2.63. The zero-order chi connectivity index (χ0) is 18.7. The Morgan fingerprint density at radius 3 is 2.50 bits per heavy atom. The number of nitro benzene ring substituents is 1. The number of hydrogen-bond acceptors (Lipinski definition) is 5. The van der Waals surface area contributed by atoms with Gasteiger partial charge in [-0.1, -0.05) is 15.9 Å². The van der Waals surface area contributed by atoms with Crippen molar-refractivity contribution in [1.29, 1.82) is 0 Å². The number of nitro groups is 1. The normalized spacial score (nSPS) is 14.9. The van der Waals surface area contributed by atoms with Crippen LogP contribution < -0.4 is 10.2 Å². The Balaban J connectivity index is 1.63. The maximum atomic E-state index is 12.4. The van der Waals surface area contributed by atoms with E-state index in [0.717, 1.165) is 4.47 Å². The molecule has 1 aromatic heterocycles. The number of piperidine rings is 1. The molecule has 7 nitrogen and oxygen atoms in total. The van der Waals surface area contributed by atoms with Gasteiger partial charge < -0.3 is 10.2 Å². The first-order valence-corrected chi connectivity index (χ1v) is 9.64. The summed E-state index contributed by atoms with van der Waals surface area (Å²) in [6, 6.07) is 8.60. The predicted molar refractivity (Wildman–Crippen MR) is 106 cm³/mol. The maximum absolute atomic E-state index is 12.4. The molecule has 1 aromatic carbocycles. The van der Waals surface area contributed by atoms with Crippen molar-refractivity contribution in [2.75, 3.05) is 23.3 Å². The van der Waals surface area contributed by atoms with Gasteiger partial charge in [-0.2, -0.15) is 0 Å². The van der Waals surface area contributed by atoms with Crippen LogP contribution in [-0.2, 0) is 4.79 Å². The third-order valence-corrected chi connectivity index (χ3v) is 5.28. The van der Waals surface area contributed by atoms with Crippen LogP contribution in [0.25, 0.3) is 0 Å². The highest BCUT2D eigenvalue weighted by Crippen LogP contribution is 2.33. The number of hydrogen-bond donors (Lipinski definition) is 1. The van der Waals surface area contributed by atoms with Crippen molar-refractivity contribution in [1.82, 2.24) is 4.98 Å². The molecule has 0 saturated carbocycles. The zero-order valence-electron chi connectivity index (χ0n) is 13.7. The van der Waals surface area contributed by atoms with E-state index in [1.807, 2.05) is 11.0 Å². The summed E-state index contributed by atoms with van der Waals surface area (Å²) >= 11 is 6.57. The Hall–Kier alpha value is -2.00. The fraction of sp³-hybridized carbons (Fsp3) is 0.294. The molecule has 1 aliphatic heterocycles. The summed E-state index contributed by atoms with van der Waals surface area (Å²) in [6.07, 6.45) is 2.90. The van der Waals surface area contributed by atoms with Crippen molar-refractivity contribution < 1.29 is 9.72 Å². The molecule has 1 aliphatic rings. The minimum Gasteiger partial charge on any atom is -0.366 e. The monoisotopic (exact) mass is 482 g/mol. The van der Waals surface area contributed by atoms with Crippen molar-refractivity contribution >= 4 is 55.0 Å². The molecule has 1 amide bonds. The van der Waals surface area contributed by atoms with Gasteiger partial charge in [0, 0.05) is 40.2 Å². The highest BCUT2D eigenvalue weighted by molar-refractivity contribution is 9.10. The van der Waals surface area contributed by atoms with Crippen LogP contribution >= 0.6 is 31.9 Å². The summed E-state index contributed by atoms with van der Waals surface area (Å²) in [4.78, 5) is 29.5. The number of carbonyl (C=O) groups is 1. The molecule has 2 heterocycles. The number of nitrogens with one attached hydrogen (secondary N) is 1. The molecule has 1 N–H and O–H groups in total. The smallest absolute Gasteiger partial charge is 0.293 e. The van der Waals surface area contributed by atoms with Crippen LogP contribution in [-0.4, -0.2) is 28.9 Å². The summed E-state index contributed by atoms with van der Waals surface area (Å²) in [7, 11) is 0. The van der Waals surface area contributed by atoms with Crippen LogP contribution in [0.3, 0.4) is 0 Å². The standard InChI is InChI=1S/C17H16Br2N4O3/c18-12-1-3-14(15(9-12)23(25)26)22-7-5-11(6-8-22)17(24)21-16-4-2-13(19)10-20-16/h1-4,9-11H,5-8H2,(H,20,21,24). The molecule has 1 fully saturated rings. The molecule has 26 heavy (non-hydrogen) atoms. The molecule has 0 spiro atoms. The van der Waals surface area contributed by atoms with Gasteiger partial charge >= 0.3 is 0 Å². The first-order chi connectivity index (χ1) is 12.4. The second-order valence-corrected chi connectivity index (χ2v) is 7.83. The second kappa shape index (κ2) is 8.13. The van der Waals surface area contributed by atoms with Crippen molar-refractivity contribution in [3.63, 3.8) is 0 Å². The van der Waals surface area contributed by atoms with E-state index in [1.165, 1.54) is 6.07 Å². The molecule has 0 bridgehead atoms. The van der Waals surface area contributed by atoms with Crippen molar-refractivity contribution in [3.8, 4) is 0 Å².